The van der Waals surface area contributed by atoms with E-state index in [0.29, 0.717) is 6.61 Å². The van der Waals surface area contributed by atoms with Crippen molar-refractivity contribution in [2.24, 2.45) is 23.7 Å². The summed E-state index contributed by atoms with van der Waals surface area (Å²) in [6.45, 7) is 4.38. The van der Waals surface area contributed by atoms with E-state index in [4.69, 9.17) is 4.74 Å². The fourth-order valence-electron chi connectivity index (χ4n) is 5.61. The number of hydrogen-bond acceptors (Lipinski definition) is 3. The number of nitrogens with zero attached hydrogens (tertiary/aromatic N) is 1. The zero-order chi connectivity index (χ0) is 17.8. The summed E-state index contributed by atoms with van der Waals surface area (Å²) in [5.41, 5.74) is 1.46. The molecule has 1 aliphatic heterocycles. The molecule has 1 saturated heterocycles. The molecule has 1 N–H and O–H groups in total. The topological polar surface area (TPSA) is 32.7 Å². The molecule has 0 amide bonds. The third-order valence-electron chi connectivity index (χ3n) is 7.07. The molecule has 26 heavy (non-hydrogen) atoms. The van der Waals surface area contributed by atoms with Crippen molar-refractivity contribution in [3.63, 3.8) is 0 Å². The zero-order valence-corrected chi connectivity index (χ0v) is 16.1. The van der Waals surface area contributed by atoms with Gasteiger partial charge in [0, 0.05) is 13.2 Å². The summed E-state index contributed by atoms with van der Waals surface area (Å²) in [7, 11) is 0. The maximum absolute atomic E-state index is 10.3. The van der Waals surface area contributed by atoms with Crippen LogP contribution in [-0.2, 0) is 11.2 Å². The largest absolute Gasteiger partial charge is 0.389 e. The second kappa shape index (κ2) is 8.86. The Bertz CT molecular complexity index is 540. The Labute approximate surface area is 158 Å². The lowest BCUT2D eigenvalue weighted by atomic mass is 9.89. The van der Waals surface area contributed by atoms with Crippen molar-refractivity contribution >= 4 is 0 Å². The molecule has 2 aliphatic carbocycles. The lowest BCUT2D eigenvalue weighted by Gasteiger charge is -2.33. The third-order valence-corrected chi connectivity index (χ3v) is 7.07. The highest BCUT2D eigenvalue weighted by Crippen LogP contribution is 2.48. The molecule has 3 fully saturated rings. The van der Waals surface area contributed by atoms with Gasteiger partial charge in [-0.3, -0.25) is 0 Å². The minimum absolute atomic E-state index is 0.334. The zero-order valence-electron chi connectivity index (χ0n) is 16.1. The molecular weight excluding hydrogens is 322 g/mol. The van der Waals surface area contributed by atoms with Gasteiger partial charge in [0.05, 0.1) is 12.7 Å². The summed E-state index contributed by atoms with van der Waals surface area (Å²) in [6, 6.07) is 10.8. The van der Waals surface area contributed by atoms with Crippen LogP contribution in [0.25, 0.3) is 0 Å². The first-order valence-corrected chi connectivity index (χ1v) is 10.8. The minimum atomic E-state index is -0.334. The molecule has 1 aromatic rings. The van der Waals surface area contributed by atoms with Gasteiger partial charge in [0.1, 0.15) is 0 Å². The molecule has 2 bridgehead atoms. The number of aliphatic hydroxyl groups is 1. The average molecular weight is 358 g/mol. The molecule has 3 nitrogen and oxygen atoms in total. The highest BCUT2D eigenvalue weighted by atomic mass is 16.5. The minimum Gasteiger partial charge on any atom is -0.389 e. The predicted molar refractivity (Wildman–Crippen MR) is 105 cm³/mol. The molecule has 0 unspecified atom stereocenters. The standard InChI is InChI=1S/C23H35NO2/c25-23(17-26-16-22-14-20-6-7-21(22)13-20)15-24-10-8-19(9-11-24)12-18-4-2-1-3-5-18/h1-5,19-23,25H,6-17H2/t20-,21-,22+,23+/m1/s1. The van der Waals surface area contributed by atoms with E-state index in [2.05, 4.69) is 35.2 Å². The van der Waals surface area contributed by atoms with Gasteiger partial charge in [-0.05, 0) is 80.8 Å². The number of fused-ring (bicyclic) bond motifs is 2. The normalized spacial score (nSPS) is 30.7. The highest BCUT2D eigenvalue weighted by Gasteiger charge is 2.39. The van der Waals surface area contributed by atoms with Crippen LogP contribution in [0.3, 0.4) is 0 Å². The van der Waals surface area contributed by atoms with Crippen molar-refractivity contribution in [1.29, 1.82) is 0 Å². The maximum atomic E-state index is 10.3. The molecule has 144 valence electrons. The van der Waals surface area contributed by atoms with Crippen molar-refractivity contribution in [3.05, 3.63) is 35.9 Å². The number of rotatable bonds is 8. The second-order valence-electron chi connectivity index (χ2n) is 9.06. The summed E-state index contributed by atoms with van der Waals surface area (Å²) >= 11 is 0. The smallest absolute Gasteiger partial charge is 0.0900 e. The Morgan fingerprint density at radius 1 is 1.04 bits per heavy atom. The fraction of sp³-hybridized carbons (Fsp3) is 0.739. The summed E-state index contributed by atoms with van der Waals surface area (Å²) < 4.78 is 5.90. The lowest BCUT2D eigenvalue weighted by molar-refractivity contribution is -0.00629. The van der Waals surface area contributed by atoms with E-state index in [9.17, 15) is 5.11 Å². The van der Waals surface area contributed by atoms with Gasteiger partial charge in [0.15, 0.2) is 0 Å². The van der Waals surface area contributed by atoms with E-state index in [-0.39, 0.29) is 6.10 Å². The first kappa shape index (κ1) is 18.5. The van der Waals surface area contributed by atoms with Crippen LogP contribution < -0.4 is 0 Å². The van der Waals surface area contributed by atoms with Gasteiger partial charge in [-0.1, -0.05) is 36.8 Å². The van der Waals surface area contributed by atoms with E-state index < -0.39 is 0 Å². The van der Waals surface area contributed by atoms with Gasteiger partial charge in [-0.15, -0.1) is 0 Å². The molecule has 1 aromatic carbocycles. The van der Waals surface area contributed by atoms with Gasteiger partial charge in [0.2, 0.25) is 0 Å². The number of likely N-dealkylation sites (tertiary alicyclic amines) is 1. The average Bonchev–Trinajstić information content (AvgIpc) is 3.27. The van der Waals surface area contributed by atoms with Crippen LogP contribution in [-0.4, -0.2) is 49.0 Å². The molecule has 1 heterocycles. The Morgan fingerprint density at radius 3 is 2.54 bits per heavy atom. The van der Waals surface area contributed by atoms with Crippen molar-refractivity contribution in [2.45, 2.75) is 51.0 Å². The quantitative estimate of drug-likeness (QED) is 0.769. The monoisotopic (exact) mass is 357 g/mol. The summed E-state index contributed by atoms with van der Waals surface area (Å²) in [6.07, 6.45) is 9.03. The lowest BCUT2D eigenvalue weighted by Crippen LogP contribution is -2.40. The van der Waals surface area contributed by atoms with Crippen LogP contribution >= 0.6 is 0 Å². The summed E-state index contributed by atoms with van der Waals surface area (Å²) in [5.74, 6) is 3.46. The Morgan fingerprint density at radius 2 is 1.85 bits per heavy atom. The Balaban J connectivity index is 1.10. The summed E-state index contributed by atoms with van der Waals surface area (Å²) in [5, 5.41) is 10.3. The van der Waals surface area contributed by atoms with Gasteiger partial charge in [0.25, 0.3) is 0 Å². The number of β-amino-alcohol motifs (C(OH)–C–C–N with tert-alkyl or cyclic N) is 1. The van der Waals surface area contributed by atoms with Crippen molar-refractivity contribution in [1.82, 2.24) is 4.90 Å². The first-order valence-electron chi connectivity index (χ1n) is 10.8. The summed E-state index contributed by atoms with van der Waals surface area (Å²) in [4.78, 5) is 2.42. The third kappa shape index (κ3) is 4.88. The number of aliphatic hydroxyl groups excluding tert-OH is 1. The van der Waals surface area contributed by atoms with E-state index >= 15 is 0 Å². The van der Waals surface area contributed by atoms with Crippen LogP contribution in [0.4, 0.5) is 0 Å². The molecule has 0 spiro atoms. The molecule has 0 radical (unpaired) electrons. The Kier molecular flexibility index (Phi) is 6.29. The highest BCUT2D eigenvalue weighted by molar-refractivity contribution is 5.15. The molecule has 2 saturated carbocycles. The van der Waals surface area contributed by atoms with Crippen molar-refractivity contribution in [2.75, 3.05) is 32.8 Å². The van der Waals surface area contributed by atoms with Crippen LogP contribution in [0.15, 0.2) is 30.3 Å². The molecular formula is C23H35NO2. The number of ether oxygens (including phenoxy) is 1. The first-order chi connectivity index (χ1) is 12.8. The second-order valence-corrected chi connectivity index (χ2v) is 9.06. The molecule has 0 aromatic heterocycles. The van der Waals surface area contributed by atoms with Crippen molar-refractivity contribution in [3.8, 4) is 0 Å². The predicted octanol–water partition coefficient (Wildman–Crippen LogP) is 3.75. The van der Waals surface area contributed by atoms with Crippen LogP contribution in [0.1, 0.15) is 44.1 Å². The number of piperidine rings is 1. The molecule has 3 heteroatoms. The van der Waals surface area contributed by atoms with E-state index in [1.165, 1.54) is 50.5 Å². The molecule has 4 atom stereocenters. The van der Waals surface area contributed by atoms with Crippen molar-refractivity contribution < 1.29 is 9.84 Å². The van der Waals surface area contributed by atoms with Crippen LogP contribution in [0.2, 0.25) is 0 Å². The van der Waals surface area contributed by atoms with E-state index in [1.807, 2.05) is 0 Å². The SMILES string of the molecule is O[C@H](COC[C@@H]1C[C@@H]2CC[C@@H]1C2)CN1CCC(Cc2ccccc2)CC1. The number of benzene rings is 1. The Hall–Kier alpha value is -0.900. The van der Waals surface area contributed by atoms with Gasteiger partial charge in [-0.25, -0.2) is 0 Å². The van der Waals surface area contributed by atoms with E-state index in [0.717, 1.165) is 49.9 Å². The maximum Gasteiger partial charge on any atom is 0.0900 e. The van der Waals surface area contributed by atoms with Crippen LogP contribution in [0.5, 0.6) is 0 Å². The molecule has 4 rings (SSSR count). The van der Waals surface area contributed by atoms with E-state index in [1.54, 1.807) is 0 Å². The molecule has 3 aliphatic rings. The van der Waals surface area contributed by atoms with Crippen LogP contribution in [0, 0.1) is 23.7 Å². The van der Waals surface area contributed by atoms with Gasteiger partial charge < -0.3 is 14.7 Å². The van der Waals surface area contributed by atoms with Gasteiger partial charge >= 0.3 is 0 Å². The number of hydrogen-bond donors (Lipinski definition) is 1. The fourth-order valence-corrected chi connectivity index (χ4v) is 5.61. The van der Waals surface area contributed by atoms with Gasteiger partial charge in [-0.2, -0.15) is 0 Å².